The first-order valence-corrected chi connectivity index (χ1v) is 28.9. The molecule has 17 rings (SSSR count). The van der Waals surface area contributed by atoms with E-state index in [1.54, 1.807) is 0 Å². The summed E-state index contributed by atoms with van der Waals surface area (Å²) in [5.74, 6) is 0. The van der Waals surface area contributed by atoms with E-state index in [0.717, 1.165) is 166 Å². The van der Waals surface area contributed by atoms with E-state index in [1.165, 1.54) is 0 Å². The van der Waals surface area contributed by atoms with E-state index in [-0.39, 0.29) is 0 Å². The number of hydrogen-bond donors (Lipinski definition) is 0. The van der Waals surface area contributed by atoms with Gasteiger partial charge >= 0.3 is 0 Å². The van der Waals surface area contributed by atoms with Gasteiger partial charge in [-0.1, -0.05) is 255 Å². The molecule has 5 nitrogen and oxygen atoms in total. The second kappa shape index (κ2) is 19.7. The van der Waals surface area contributed by atoms with Gasteiger partial charge in [-0.05, 0) is 80.6 Å². The molecule has 0 spiro atoms. The Morgan fingerprint density at radius 1 is 0.200 bits per heavy atom. The van der Waals surface area contributed by atoms with Gasteiger partial charge in [-0.15, -0.1) is 0 Å². The average Bonchev–Trinajstić information content (AvgIpc) is 2.32. The van der Waals surface area contributed by atoms with Crippen LogP contribution in [0.3, 0.4) is 0 Å². The Morgan fingerprint density at radius 2 is 0.518 bits per heavy atom. The van der Waals surface area contributed by atoms with Crippen LogP contribution in [0.5, 0.6) is 0 Å². The molecule has 0 atom stereocenters. The molecule has 85 heavy (non-hydrogen) atoms. The molecule has 14 aromatic carbocycles. The Balaban J connectivity index is 0.927. The molecule has 0 aliphatic heterocycles. The first-order chi connectivity index (χ1) is 42.2. The number of fused-ring (bicyclic) bond motifs is 13. The van der Waals surface area contributed by atoms with Crippen LogP contribution in [0.1, 0.15) is 0 Å². The average molecular weight is 1090 g/mol. The quantitative estimate of drug-likeness (QED) is 0.137. The summed E-state index contributed by atoms with van der Waals surface area (Å²) in [7, 11) is 0. The topological polar surface area (TPSA) is 45.9 Å². The minimum atomic E-state index is 0.767. The van der Waals surface area contributed by atoms with Crippen LogP contribution in [-0.2, 0) is 0 Å². The maximum atomic E-state index is 7.48. The second-order valence-corrected chi connectivity index (χ2v) is 21.8. The molecule has 0 saturated heterocycles. The van der Waals surface area contributed by atoms with E-state index in [9.17, 15) is 0 Å². The number of benzene rings is 14. The SMILES string of the molecule is c1ccc(-c2cccc(N(c3cc4oc5cc(N(c6cccc(-c7ccccc7)c6)c6cccc7c6oc6c(-c8ccccc8)cccc67)c6ccccc6c5c4c4ccccc34)c3cccc4c3oc3c(-c5ccccc5)cccc34)c2)cc1. The summed E-state index contributed by atoms with van der Waals surface area (Å²) in [6.07, 6.45) is 0. The number of nitrogens with zero attached hydrogens (tertiary/aromatic N) is 2. The highest BCUT2D eigenvalue weighted by molar-refractivity contribution is 6.31. The largest absolute Gasteiger partial charge is 0.456 e. The zero-order valence-electron chi connectivity index (χ0n) is 46.0. The van der Waals surface area contributed by atoms with Gasteiger partial charge in [0.2, 0.25) is 0 Å². The fourth-order valence-corrected chi connectivity index (χ4v) is 13.2. The van der Waals surface area contributed by atoms with Crippen LogP contribution in [0.15, 0.2) is 317 Å². The van der Waals surface area contributed by atoms with Gasteiger partial charge in [0.25, 0.3) is 0 Å². The van der Waals surface area contributed by atoms with Crippen LogP contribution in [0, 0.1) is 0 Å². The van der Waals surface area contributed by atoms with Crippen LogP contribution >= 0.6 is 0 Å². The predicted molar refractivity (Wildman–Crippen MR) is 354 cm³/mol. The summed E-state index contributed by atoms with van der Waals surface area (Å²) in [4.78, 5) is 4.74. The van der Waals surface area contributed by atoms with E-state index in [4.69, 9.17) is 13.3 Å². The minimum absolute atomic E-state index is 0.767. The Bertz CT molecular complexity index is 5090. The van der Waals surface area contributed by atoms with Gasteiger partial charge in [0.05, 0.1) is 22.7 Å². The lowest BCUT2D eigenvalue weighted by molar-refractivity contribution is 0.668. The molecule has 0 saturated carbocycles. The van der Waals surface area contributed by atoms with Crippen molar-refractivity contribution in [3.8, 4) is 44.5 Å². The zero-order valence-corrected chi connectivity index (χ0v) is 46.0. The van der Waals surface area contributed by atoms with Gasteiger partial charge in [-0.2, -0.15) is 0 Å². The molecule has 0 aliphatic carbocycles. The van der Waals surface area contributed by atoms with Gasteiger partial charge in [0.1, 0.15) is 22.3 Å². The lowest BCUT2D eigenvalue weighted by Gasteiger charge is -2.28. The summed E-state index contributed by atoms with van der Waals surface area (Å²) in [6, 6.07) is 108. The Morgan fingerprint density at radius 3 is 0.929 bits per heavy atom. The summed E-state index contributed by atoms with van der Waals surface area (Å²) < 4.78 is 22.0. The number of furan rings is 3. The third-order valence-corrected chi connectivity index (χ3v) is 17.0. The highest BCUT2D eigenvalue weighted by Crippen LogP contribution is 2.53. The second-order valence-electron chi connectivity index (χ2n) is 21.8. The van der Waals surface area contributed by atoms with Gasteiger partial charge in [-0.25, -0.2) is 0 Å². The van der Waals surface area contributed by atoms with Crippen LogP contribution < -0.4 is 9.80 Å². The van der Waals surface area contributed by atoms with Crippen molar-refractivity contribution in [2.75, 3.05) is 9.80 Å². The van der Waals surface area contributed by atoms with Crippen LogP contribution in [0.2, 0.25) is 0 Å². The first-order valence-electron chi connectivity index (χ1n) is 28.9. The third kappa shape index (κ3) is 7.86. The van der Waals surface area contributed by atoms with Crippen molar-refractivity contribution >= 4 is 121 Å². The Kier molecular flexibility index (Phi) is 11.2. The van der Waals surface area contributed by atoms with E-state index < -0.39 is 0 Å². The van der Waals surface area contributed by atoms with Gasteiger partial charge < -0.3 is 23.1 Å². The highest BCUT2D eigenvalue weighted by atomic mass is 16.3. The summed E-state index contributed by atoms with van der Waals surface area (Å²) in [6.45, 7) is 0. The lowest BCUT2D eigenvalue weighted by Crippen LogP contribution is -2.11. The lowest BCUT2D eigenvalue weighted by atomic mass is 9.96. The third-order valence-electron chi connectivity index (χ3n) is 17.0. The standard InChI is InChI=1S/C80H50N2O3/c1-5-23-51(24-6-1)55-31-17-33-57(47-55)81(69-45-21-43-67-65-41-19-39-59(77(65)84-79(67)69)53-27-9-3-10-28-53)71-49-73-75(63-37-15-13-35-61(63)71)76-64-38-16-14-36-62(64)72(50-74(76)83-73)82(58-34-18-32-56(48-58)52-25-7-2-8-26-52)70-46-22-44-68-66-42-20-40-60(78(66)85-80(68)70)54-29-11-4-12-30-54/h1-50H. The normalized spacial score (nSPS) is 11.8. The van der Waals surface area contributed by atoms with E-state index in [0.29, 0.717) is 0 Å². The molecule has 0 bridgehead atoms. The van der Waals surface area contributed by atoms with Crippen molar-refractivity contribution < 1.29 is 13.3 Å². The summed E-state index contributed by atoms with van der Waals surface area (Å²) in [5, 5.41) is 10.6. The Labute approximate surface area is 489 Å². The van der Waals surface area contributed by atoms with E-state index in [2.05, 4.69) is 313 Å². The molecule has 0 fully saturated rings. The minimum Gasteiger partial charge on any atom is -0.456 e. The fraction of sp³-hybridized carbons (Fsp3) is 0. The molecule has 3 aromatic heterocycles. The van der Waals surface area contributed by atoms with Gasteiger partial charge in [-0.3, -0.25) is 0 Å². The van der Waals surface area contributed by atoms with E-state index >= 15 is 0 Å². The maximum absolute atomic E-state index is 7.48. The monoisotopic (exact) mass is 1090 g/mol. The first kappa shape index (κ1) is 48.3. The molecule has 0 N–H and O–H groups in total. The molecular weight excluding hydrogens is 1040 g/mol. The van der Waals surface area contributed by atoms with Gasteiger partial charge in [0.15, 0.2) is 11.2 Å². The maximum Gasteiger partial charge on any atom is 0.159 e. The smallest absolute Gasteiger partial charge is 0.159 e. The van der Waals surface area contributed by atoms with Crippen molar-refractivity contribution in [1.82, 2.24) is 0 Å². The zero-order chi connectivity index (χ0) is 56.0. The van der Waals surface area contributed by atoms with Crippen LogP contribution in [0.4, 0.5) is 34.1 Å². The Hall–Kier alpha value is -11.4. The van der Waals surface area contributed by atoms with Crippen molar-refractivity contribution in [3.05, 3.63) is 303 Å². The number of rotatable bonds is 10. The van der Waals surface area contributed by atoms with Crippen molar-refractivity contribution in [2.45, 2.75) is 0 Å². The highest BCUT2D eigenvalue weighted by Gasteiger charge is 2.28. The molecule has 0 amide bonds. The molecule has 398 valence electrons. The predicted octanol–water partition coefficient (Wildman–Crippen LogP) is 23.3. The number of hydrogen-bond acceptors (Lipinski definition) is 5. The molecule has 0 aliphatic rings. The van der Waals surface area contributed by atoms with Crippen molar-refractivity contribution in [1.29, 1.82) is 0 Å². The van der Waals surface area contributed by atoms with Gasteiger partial charge in [0, 0.05) is 77.7 Å². The summed E-state index contributed by atoms with van der Waals surface area (Å²) in [5.41, 5.74) is 19.3. The van der Waals surface area contributed by atoms with E-state index in [1.807, 2.05) is 0 Å². The molecular formula is C80H50N2O3. The molecule has 0 radical (unpaired) electrons. The van der Waals surface area contributed by atoms with Crippen LogP contribution in [-0.4, -0.2) is 0 Å². The molecule has 5 heteroatoms. The summed E-state index contributed by atoms with van der Waals surface area (Å²) >= 11 is 0. The molecule has 3 heterocycles. The van der Waals surface area contributed by atoms with Crippen molar-refractivity contribution in [3.63, 3.8) is 0 Å². The van der Waals surface area contributed by atoms with Crippen molar-refractivity contribution in [2.24, 2.45) is 0 Å². The number of anilines is 6. The number of para-hydroxylation sites is 4. The molecule has 0 unspecified atom stereocenters. The van der Waals surface area contributed by atoms with Crippen LogP contribution in [0.25, 0.3) is 132 Å². The molecule has 17 aromatic rings. The fourth-order valence-electron chi connectivity index (χ4n) is 13.2.